The van der Waals surface area contributed by atoms with Crippen molar-refractivity contribution in [3.8, 4) is 5.75 Å². The van der Waals surface area contributed by atoms with Crippen molar-refractivity contribution in [2.75, 3.05) is 19.8 Å². The number of carbonyl (C=O) groups excluding carboxylic acids is 1. The lowest BCUT2D eigenvalue weighted by Gasteiger charge is -2.10. The lowest BCUT2D eigenvalue weighted by molar-refractivity contribution is -0.119. The van der Waals surface area contributed by atoms with Gasteiger partial charge in [-0.2, -0.15) is 0 Å². The fraction of sp³-hybridized carbons (Fsp3) is 0.462. The van der Waals surface area contributed by atoms with E-state index in [0.717, 1.165) is 18.7 Å². The Balaban J connectivity index is 2.33. The van der Waals surface area contributed by atoms with E-state index in [9.17, 15) is 4.79 Å². The van der Waals surface area contributed by atoms with Crippen molar-refractivity contribution in [3.05, 3.63) is 29.8 Å². The van der Waals surface area contributed by atoms with Gasteiger partial charge in [0.25, 0.3) is 5.91 Å². The summed E-state index contributed by atoms with van der Waals surface area (Å²) >= 11 is 0. The monoisotopic (exact) mass is 252 g/mol. The highest BCUT2D eigenvalue weighted by Crippen LogP contribution is 2.11. The number of aliphatic hydroxyl groups excluding tert-OH is 1. The van der Waals surface area contributed by atoms with E-state index in [0.29, 0.717) is 5.75 Å². The number of nitrogens with one attached hydrogen (secondary N) is 1. The summed E-state index contributed by atoms with van der Waals surface area (Å²) in [6.07, 6.45) is 0. The number of amides is 1. The lowest BCUT2D eigenvalue weighted by Crippen LogP contribution is -2.22. The number of hydrogen-bond acceptors (Lipinski definition) is 4. The van der Waals surface area contributed by atoms with Gasteiger partial charge in [-0.05, 0) is 23.6 Å². The van der Waals surface area contributed by atoms with Crippen LogP contribution in [0.3, 0.4) is 0 Å². The molecule has 0 aliphatic rings. The number of benzene rings is 1. The molecule has 0 saturated heterocycles. The molecule has 0 aliphatic heterocycles. The summed E-state index contributed by atoms with van der Waals surface area (Å²) in [7, 11) is 0. The summed E-state index contributed by atoms with van der Waals surface area (Å²) in [6, 6.07) is 7.45. The number of aliphatic hydroxyl groups is 1. The van der Waals surface area contributed by atoms with E-state index >= 15 is 0 Å². The van der Waals surface area contributed by atoms with E-state index in [1.54, 1.807) is 12.1 Å². The van der Waals surface area contributed by atoms with Gasteiger partial charge < -0.3 is 20.9 Å². The SMILES string of the molecule is CC(CO)CNCc1ccc(OCC(N)=O)cc1. The van der Waals surface area contributed by atoms with Crippen molar-refractivity contribution in [3.63, 3.8) is 0 Å². The van der Waals surface area contributed by atoms with Crippen molar-refractivity contribution in [1.82, 2.24) is 5.32 Å². The number of carbonyl (C=O) groups is 1. The van der Waals surface area contributed by atoms with E-state index in [-0.39, 0.29) is 19.1 Å². The van der Waals surface area contributed by atoms with Gasteiger partial charge in [-0.1, -0.05) is 19.1 Å². The third kappa shape index (κ3) is 5.65. The molecule has 0 bridgehead atoms. The standard InChI is InChI=1S/C13H20N2O3/c1-10(8-16)6-15-7-11-2-4-12(5-3-11)18-9-13(14)17/h2-5,10,15-16H,6-9H2,1H3,(H2,14,17). The molecule has 0 aliphatic carbocycles. The van der Waals surface area contributed by atoms with E-state index in [1.165, 1.54) is 0 Å². The van der Waals surface area contributed by atoms with Crippen molar-refractivity contribution in [2.24, 2.45) is 11.7 Å². The Morgan fingerprint density at radius 2 is 2.11 bits per heavy atom. The highest BCUT2D eigenvalue weighted by atomic mass is 16.5. The Hall–Kier alpha value is -1.59. The average Bonchev–Trinajstić information content (AvgIpc) is 2.37. The minimum Gasteiger partial charge on any atom is -0.484 e. The first kappa shape index (κ1) is 14.5. The predicted octanol–water partition coefficient (Wildman–Crippen LogP) is 0.269. The van der Waals surface area contributed by atoms with Crippen molar-refractivity contribution in [1.29, 1.82) is 0 Å². The molecule has 0 heterocycles. The summed E-state index contributed by atoms with van der Waals surface area (Å²) in [5, 5.41) is 12.1. The van der Waals surface area contributed by atoms with E-state index in [4.69, 9.17) is 15.6 Å². The van der Waals surface area contributed by atoms with E-state index in [1.807, 2.05) is 19.1 Å². The second-order valence-corrected chi connectivity index (χ2v) is 4.32. The van der Waals surface area contributed by atoms with Crippen LogP contribution < -0.4 is 15.8 Å². The predicted molar refractivity (Wildman–Crippen MR) is 69.1 cm³/mol. The molecule has 1 rings (SSSR count). The van der Waals surface area contributed by atoms with Crippen LogP contribution in [0.25, 0.3) is 0 Å². The fourth-order valence-electron chi connectivity index (χ4n) is 1.39. The van der Waals surface area contributed by atoms with Gasteiger partial charge >= 0.3 is 0 Å². The van der Waals surface area contributed by atoms with Crippen LogP contribution in [-0.4, -0.2) is 30.8 Å². The van der Waals surface area contributed by atoms with Crippen LogP contribution in [-0.2, 0) is 11.3 Å². The first-order chi connectivity index (χ1) is 8.61. The zero-order valence-electron chi connectivity index (χ0n) is 10.6. The van der Waals surface area contributed by atoms with Crippen LogP contribution in [0, 0.1) is 5.92 Å². The van der Waals surface area contributed by atoms with Gasteiger partial charge in [-0.15, -0.1) is 0 Å². The third-order valence-electron chi connectivity index (χ3n) is 2.44. The number of nitrogens with two attached hydrogens (primary N) is 1. The Morgan fingerprint density at radius 1 is 1.44 bits per heavy atom. The van der Waals surface area contributed by atoms with Gasteiger partial charge in [0.05, 0.1) is 0 Å². The van der Waals surface area contributed by atoms with Gasteiger partial charge in [0.2, 0.25) is 0 Å². The fourth-order valence-corrected chi connectivity index (χ4v) is 1.39. The molecule has 5 nitrogen and oxygen atoms in total. The molecule has 0 saturated carbocycles. The maximum absolute atomic E-state index is 10.5. The zero-order chi connectivity index (χ0) is 13.4. The molecule has 1 unspecified atom stereocenters. The van der Waals surface area contributed by atoms with E-state index in [2.05, 4.69) is 5.32 Å². The maximum Gasteiger partial charge on any atom is 0.255 e. The van der Waals surface area contributed by atoms with Crippen molar-refractivity contribution >= 4 is 5.91 Å². The quantitative estimate of drug-likeness (QED) is 0.620. The summed E-state index contributed by atoms with van der Waals surface area (Å²) in [6.45, 7) is 3.57. The molecule has 100 valence electrons. The summed E-state index contributed by atoms with van der Waals surface area (Å²) in [4.78, 5) is 10.5. The van der Waals surface area contributed by atoms with Crippen LogP contribution in [0.1, 0.15) is 12.5 Å². The number of rotatable bonds is 8. The van der Waals surface area contributed by atoms with E-state index < -0.39 is 5.91 Å². The smallest absolute Gasteiger partial charge is 0.255 e. The van der Waals surface area contributed by atoms with Gasteiger partial charge in [0, 0.05) is 19.7 Å². The number of hydrogen-bond donors (Lipinski definition) is 3. The Kier molecular flexibility index (Phi) is 6.18. The molecule has 5 heteroatoms. The summed E-state index contributed by atoms with van der Waals surface area (Å²) in [5.74, 6) is 0.392. The molecule has 0 radical (unpaired) electrons. The molecule has 0 fully saturated rings. The molecule has 1 aromatic rings. The Labute approximate surface area is 107 Å². The molecule has 0 spiro atoms. The molecular formula is C13H20N2O3. The second-order valence-electron chi connectivity index (χ2n) is 4.32. The van der Waals surface area contributed by atoms with Crippen LogP contribution in [0.5, 0.6) is 5.75 Å². The van der Waals surface area contributed by atoms with Crippen molar-refractivity contribution < 1.29 is 14.6 Å². The third-order valence-corrected chi connectivity index (χ3v) is 2.44. The number of ether oxygens (including phenoxy) is 1. The zero-order valence-corrected chi connectivity index (χ0v) is 10.6. The van der Waals surface area contributed by atoms with Crippen LogP contribution in [0.15, 0.2) is 24.3 Å². The largest absolute Gasteiger partial charge is 0.484 e. The highest BCUT2D eigenvalue weighted by Gasteiger charge is 2.00. The van der Waals surface area contributed by atoms with Crippen LogP contribution in [0.4, 0.5) is 0 Å². The molecular weight excluding hydrogens is 232 g/mol. The number of primary amides is 1. The van der Waals surface area contributed by atoms with Gasteiger partial charge in [-0.3, -0.25) is 4.79 Å². The molecule has 1 amide bonds. The molecule has 18 heavy (non-hydrogen) atoms. The van der Waals surface area contributed by atoms with Gasteiger partial charge in [0.15, 0.2) is 6.61 Å². The van der Waals surface area contributed by atoms with Crippen molar-refractivity contribution in [2.45, 2.75) is 13.5 Å². The normalized spacial score (nSPS) is 12.1. The van der Waals surface area contributed by atoms with Crippen LogP contribution in [0.2, 0.25) is 0 Å². The van der Waals surface area contributed by atoms with Crippen LogP contribution >= 0.6 is 0 Å². The average molecular weight is 252 g/mol. The topological polar surface area (TPSA) is 84.6 Å². The molecule has 1 aromatic carbocycles. The first-order valence-electron chi connectivity index (χ1n) is 5.93. The van der Waals surface area contributed by atoms with Gasteiger partial charge in [0.1, 0.15) is 5.75 Å². The first-order valence-corrected chi connectivity index (χ1v) is 5.93. The lowest BCUT2D eigenvalue weighted by atomic mass is 10.2. The molecule has 4 N–H and O–H groups in total. The minimum atomic E-state index is -0.487. The van der Waals surface area contributed by atoms with Gasteiger partial charge in [-0.25, -0.2) is 0 Å². The molecule has 0 aromatic heterocycles. The Morgan fingerprint density at radius 3 is 2.67 bits per heavy atom. The highest BCUT2D eigenvalue weighted by molar-refractivity contribution is 5.75. The summed E-state index contributed by atoms with van der Waals surface area (Å²) < 4.78 is 5.15. The Bertz CT molecular complexity index is 365. The second kappa shape index (κ2) is 7.68. The minimum absolute atomic E-state index is 0.106. The summed E-state index contributed by atoms with van der Waals surface area (Å²) in [5.41, 5.74) is 6.10. The molecule has 1 atom stereocenters. The maximum atomic E-state index is 10.5.